The molecule has 2 nitrogen and oxygen atoms in total. The molecule has 0 radical (unpaired) electrons. The quantitative estimate of drug-likeness (QED) is 0.613. The van der Waals surface area contributed by atoms with E-state index in [0.29, 0.717) is 11.5 Å². The van der Waals surface area contributed by atoms with Gasteiger partial charge in [0.2, 0.25) is 0 Å². The van der Waals surface area contributed by atoms with Crippen LogP contribution in [-0.4, -0.2) is 5.97 Å². The first-order valence-electron chi connectivity index (χ1n) is 7.71. The molecule has 21 heavy (non-hydrogen) atoms. The minimum atomic E-state index is -0.649. The molecule has 1 atom stereocenters. The lowest BCUT2D eigenvalue weighted by Gasteiger charge is -2.47. The Hall–Kier alpha value is -1.64. The van der Waals surface area contributed by atoms with Crippen molar-refractivity contribution < 1.29 is 13.9 Å². The smallest absolute Gasteiger partial charge is 0.334 e. The second-order valence-corrected chi connectivity index (χ2v) is 6.31. The van der Waals surface area contributed by atoms with E-state index in [1.807, 2.05) is 6.07 Å². The van der Waals surface area contributed by atoms with Crippen molar-refractivity contribution in [2.45, 2.75) is 51.0 Å². The fourth-order valence-electron chi connectivity index (χ4n) is 3.61. The fourth-order valence-corrected chi connectivity index (χ4v) is 3.61. The van der Waals surface area contributed by atoms with E-state index in [4.69, 9.17) is 4.74 Å². The van der Waals surface area contributed by atoms with E-state index in [2.05, 4.69) is 6.58 Å². The van der Waals surface area contributed by atoms with Crippen LogP contribution in [0.1, 0.15) is 50.2 Å². The van der Waals surface area contributed by atoms with Gasteiger partial charge in [-0.05, 0) is 50.7 Å². The summed E-state index contributed by atoms with van der Waals surface area (Å²) >= 11 is 0. The summed E-state index contributed by atoms with van der Waals surface area (Å²) in [5.74, 6) is -0.233. The van der Waals surface area contributed by atoms with Crippen molar-refractivity contribution in [2.24, 2.45) is 5.92 Å². The summed E-state index contributed by atoms with van der Waals surface area (Å²) in [5.41, 5.74) is 1.36. The Morgan fingerprint density at radius 2 is 2.14 bits per heavy atom. The minimum absolute atomic E-state index is 0.178. The molecule has 0 N–H and O–H groups in total. The standard InChI is InChI=1S/C18H21FO2/c1-12(2)17(20)21-18(13-6-3-7-13)11-5-8-14-15(18)9-4-10-16(14)19/h4,9-10,13H,1,3,5-8,11H2,2H3. The summed E-state index contributed by atoms with van der Waals surface area (Å²) in [5, 5.41) is 0. The van der Waals surface area contributed by atoms with Crippen LogP contribution in [0.5, 0.6) is 0 Å². The molecule has 0 amide bonds. The Kier molecular flexibility index (Phi) is 3.60. The predicted molar refractivity (Wildman–Crippen MR) is 79.3 cm³/mol. The van der Waals surface area contributed by atoms with E-state index in [1.165, 1.54) is 6.07 Å². The zero-order valence-corrected chi connectivity index (χ0v) is 12.5. The molecule has 3 heteroatoms. The largest absolute Gasteiger partial charge is 0.451 e. The van der Waals surface area contributed by atoms with Crippen LogP contribution in [-0.2, 0) is 21.6 Å². The predicted octanol–water partition coefficient (Wildman–Crippen LogP) is 4.28. The number of halogens is 1. The lowest BCUT2D eigenvalue weighted by molar-refractivity contribution is -0.171. The first kappa shape index (κ1) is 14.3. The number of rotatable bonds is 3. The average Bonchev–Trinajstić information content (AvgIpc) is 2.38. The zero-order valence-electron chi connectivity index (χ0n) is 12.5. The highest BCUT2D eigenvalue weighted by Crippen LogP contribution is 2.51. The molecule has 1 saturated carbocycles. The third-order valence-electron chi connectivity index (χ3n) is 4.94. The van der Waals surface area contributed by atoms with Gasteiger partial charge in [-0.3, -0.25) is 0 Å². The molecule has 1 unspecified atom stereocenters. The van der Waals surface area contributed by atoms with Crippen LogP contribution in [0.2, 0.25) is 0 Å². The Morgan fingerprint density at radius 1 is 1.38 bits per heavy atom. The molecule has 0 aromatic heterocycles. The molecule has 2 aliphatic rings. The lowest BCUT2D eigenvalue weighted by atomic mass is 9.64. The van der Waals surface area contributed by atoms with Gasteiger partial charge in [0, 0.05) is 17.1 Å². The van der Waals surface area contributed by atoms with Crippen molar-refractivity contribution >= 4 is 5.97 Å². The van der Waals surface area contributed by atoms with Crippen molar-refractivity contribution in [2.75, 3.05) is 0 Å². The molecule has 0 heterocycles. The minimum Gasteiger partial charge on any atom is -0.451 e. The maximum atomic E-state index is 14.1. The van der Waals surface area contributed by atoms with Crippen molar-refractivity contribution in [3.63, 3.8) is 0 Å². The molecule has 3 rings (SSSR count). The van der Waals surface area contributed by atoms with Crippen molar-refractivity contribution in [1.82, 2.24) is 0 Å². The first-order chi connectivity index (χ1) is 10.0. The topological polar surface area (TPSA) is 26.3 Å². The van der Waals surface area contributed by atoms with Gasteiger partial charge in [-0.15, -0.1) is 0 Å². The van der Waals surface area contributed by atoms with Crippen LogP contribution in [0.25, 0.3) is 0 Å². The van der Waals surface area contributed by atoms with Crippen LogP contribution >= 0.6 is 0 Å². The number of hydrogen-bond acceptors (Lipinski definition) is 2. The molecule has 0 aliphatic heterocycles. The van der Waals surface area contributed by atoms with Crippen LogP contribution in [0, 0.1) is 11.7 Å². The number of ether oxygens (including phenoxy) is 1. The Labute approximate surface area is 125 Å². The van der Waals surface area contributed by atoms with Gasteiger partial charge in [-0.25, -0.2) is 9.18 Å². The maximum Gasteiger partial charge on any atom is 0.334 e. The molecule has 1 aromatic rings. The molecule has 112 valence electrons. The maximum absolute atomic E-state index is 14.1. The monoisotopic (exact) mass is 288 g/mol. The summed E-state index contributed by atoms with van der Waals surface area (Å²) in [7, 11) is 0. The Bertz CT molecular complexity index is 589. The Balaban J connectivity index is 2.07. The van der Waals surface area contributed by atoms with E-state index in [9.17, 15) is 9.18 Å². The van der Waals surface area contributed by atoms with Gasteiger partial charge >= 0.3 is 5.97 Å². The van der Waals surface area contributed by atoms with Crippen LogP contribution in [0.4, 0.5) is 4.39 Å². The van der Waals surface area contributed by atoms with Crippen molar-refractivity contribution in [3.8, 4) is 0 Å². The molecule has 0 saturated heterocycles. The Morgan fingerprint density at radius 3 is 2.76 bits per heavy atom. The van der Waals surface area contributed by atoms with Crippen LogP contribution in [0.3, 0.4) is 0 Å². The number of carbonyl (C=O) groups excluding carboxylic acids is 1. The van der Waals surface area contributed by atoms with Crippen LogP contribution < -0.4 is 0 Å². The number of hydrogen-bond donors (Lipinski definition) is 0. The highest BCUT2D eigenvalue weighted by molar-refractivity contribution is 5.87. The molecular formula is C18H21FO2. The highest BCUT2D eigenvalue weighted by atomic mass is 19.1. The van der Waals surface area contributed by atoms with Gasteiger partial charge in [-0.2, -0.15) is 0 Å². The molecule has 0 bridgehead atoms. The summed E-state index contributed by atoms with van der Waals surface area (Å²) < 4.78 is 20.1. The molecule has 2 aliphatic carbocycles. The van der Waals surface area contributed by atoms with Crippen LogP contribution in [0.15, 0.2) is 30.4 Å². The van der Waals surface area contributed by atoms with Gasteiger partial charge < -0.3 is 4.74 Å². The zero-order chi connectivity index (χ0) is 15.0. The van der Waals surface area contributed by atoms with Gasteiger partial charge in [0.1, 0.15) is 11.4 Å². The lowest BCUT2D eigenvalue weighted by Crippen LogP contribution is -2.46. The van der Waals surface area contributed by atoms with Gasteiger partial charge in [0.05, 0.1) is 0 Å². The average molecular weight is 288 g/mol. The highest BCUT2D eigenvalue weighted by Gasteiger charge is 2.49. The van der Waals surface area contributed by atoms with E-state index >= 15 is 0 Å². The summed E-state index contributed by atoms with van der Waals surface area (Å²) in [6.07, 6.45) is 5.60. The van der Waals surface area contributed by atoms with E-state index in [1.54, 1.807) is 13.0 Å². The second kappa shape index (κ2) is 5.28. The summed E-state index contributed by atoms with van der Waals surface area (Å²) in [6, 6.07) is 5.15. The van der Waals surface area contributed by atoms with E-state index in [0.717, 1.165) is 49.7 Å². The molecule has 0 spiro atoms. The van der Waals surface area contributed by atoms with E-state index < -0.39 is 5.60 Å². The molecular weight excluding hydrogens is 267 g/mol. The van der Waals surface area contributed by atoms with Crippen molar-refractivity contribution in [3.05, 3.63) is 47.3 Å². The number of fused-ring (bicyclic) bond motifs is 1. The first-order valence-corrected chi connectivity index (χ1v) is 7.71. The second-order valence-electron chi connectivity index (χ2n) is 6.31. The van der Waals surface area contributed by atoms with Gasteiger partial charge in [0.25, 0.3) is 0 Å². The SMILES string of the molecule is C=C(C)C(=O)OC1(C2CCC2)CCCc2c(F)cccc21. The fraction of sp³-hybridized carbons (Fsp3) is 0.500. The summed E-state index contributed by atoms with van der Waals surface area (Å²) in [4.78, 5) is 12.1. The normalized spacial score (nSPS) is 24.9. The third-order valence-corrected chi connectivity index (χ3v) is 4.94. The molecule has 1 aromatic carbocycles. The number of esters is 1. The number of benzene rings is 1. The van der Waals surface area contributed by atoms with E-state index in [-0.39, 0.29) is 11.8 Å². The van der Waals surface area contributed by atoms with Crippen molar-refractivity contribution in [1.29, 1.82) is 0 Å². The van der Waals surface area contributed by atoms with Gasteiger partial charge in [0.15, 0.2) is 0 Å². The number of carbonyl (C=O) groups is 1. The van der Waals surface area contributed by atoms with Gasteiger partial charge in [-0.1, -0.05) is 25.1 Å². The summed E-state index contributed by atoms with van der Waals surface area (Å²) in [6.45, 7) is 5.34. The third kappa shape index (κ3) is 2.29. The molecule has 1 fully saturated rings.